The highest BCUT2D eigenvalue weighted by molar-refractivity contribution is 6.36. The predicted octanol–water partition coefficient (Wildman–Crippen LogP) is 5.53. The van der Waals surface area contributed by atoms with Crippen molar-refractivity contribution in [1.29, 1.82) is 0 Å². The Hall–Kier alpha value is -1.64. The molecule has 0 saturated carbocycles. The monoisotopic (exact) mass is 331 g/mol. The van der Waals surface area contributed by atoms with Crippen molar-refractivity contribution < 1.29 is 5.11 Å². The molecular formula is C18H15Cl2NO. The largest absolute Gasteiger partial charge is 0.508 e. The van der Waals surface area contributed by atoms with Crippen LogP contribution in [0.3, 0.4) is 0 Å². The van der Waals surface area contributed by atoms with Gasteiger partial charge in [0.15, 0.2) is 0 Å². The topological polar surface area (TPSA) is 32.3 Å². The SMILES string of the molecule is Oc1ccccc1C1Nc2c(Cl)cc(Cl)cc2C2C=CCC21. The number of hydrogen-bond acceptors (Lipinski definition) is 2. The van der Waals surface area contributed by atoms with Crippen LogP contribution in [-0.4, -0.2) is 5.11 Å². The maximum atomic E-state index is 10.2. The zero-order valence-electron chi connectivity index (χ0n) is 11.8. The van der Waals surface area contributed by atoms with Crippen molar-refractivity contribution in [2.24, 2.45) is 5.92 Å². The average molecular weight is 332 g/mol. The molecule has 22 heavy (non-hydrogen) atoms. The van der Waals surface area contributed by atoms with Crippen molar-refractivity contribution in [1.82, 2.24) is 0 Å². The number of rotatable bonds is 1. The molecule has 1 heterocycles. The molecule has 112 valence electrons. The quantitative estimate of drug-likeness (QED) is 0.674. The van der Waals surface area contributed by atoms with Gasteiger partial charge in [-0.3, -0.25) is 0 Å². The van der Waals surface area contributed by atoms with Crippen molar-refractivity contribution in [3.63, 3.8) is 0 Å². The standard InChI is InChI=1S/C18H15Cl2NO/c19-10-8-14-11-5-3-6-12(11)17(21-18(14)15(20)9-10)13-4-1-2-7-16(13)22/h1-5,7-9,11-12,17,21-22H,6H2. The van der Waals surface area contributed by atoms with E-state index >= 15 is 0 Å². The van der Waals surface area contributed by atoms with Crippen LogP contribution in [0.4, 0.5) is 5.69 Å². The number of phenolic OH excluding ortho intramolecular Hbond substituents is 1. The Kier molecular flexibility index (Phi) is 3.32. The molecule has 0 fully saturated rings. The summed E-state index contributed by atoms with van der Waals surface area (Å²) in [5.74, 6) is 0.951. The molecule has 0 amide bonds. The van der Waals surface area contributed by atoms with Crippen LogP contribution < -0.4 is 5.32 Å². The van der Waals surface area contributed by atoms with Crippen molar-refractivity contribution >= 4 is 28.9 Å². The molecule has 3 unspecified atom stereocenters. The maximum Gasteiger partial charge on any atom is 0.120 e. The second kappa shape index (κ2) is 5.22. The lowest BCUT2D eigenvalue weighted by Crippen LogP contribution is -2.29. The molecule has 2 N–H and O–H groups in total. The third-order valence-corrected chi connectivity index (χ3v) is 5.17. The fourth-order valence-electron chi connectivity index (χ4n) is 3.68. The minimum atomic E-state index is 0.0346. The molecule has 0 aromatic heterocycles. The van der Waals surface area contributed by atoms with Gasteiger partial charge in [0.05, 0.1) is 16.8 Å². The second-order valence-corrected chi connectivity index (χ2v) is 6.73. The molecule has 0 radical (unpaired) electrons. The van der Waals surface area contributed by atoms with Crippen LogP contribution in [0, 0.1) is 5.92 Å². The van der Waals surface area contributed by atoms with Crippen LogP contribution >= 0.6 is 23.2 Å². The van der Waals surface area contributed by atoms with E-state index in [4.69, 9.17) is 23.2 Å². The highest BCUT2D eigenvalue weighted by Gasteiger charge is 2.39. The number of hydrogen-bond donors (Lipinski definition) is 2. The molecule has 0 bridgehead atoms. The average Bonchev–Trinajstić information content (AvgIpc) is 2.97. The molecule has 3 atom stereocenters. The first kappa shape index (κ1) is 14.0. The van der Waals surface area contributed by atoms with Crippen LogP contribution in [0.2, 0.25) is 10.0 Å². The number of halogens is 2. The number of nitrogens with one attached hydrogen (secondary N) is 1. The van der Waals surface area contributed by atoms with Crippen LogP contribution in [0.5, 0.6) is 5.75 Å². The van der Waals surface area contributed by atoms with Crippen LogP contribution in [-0.2, 0) is 0 Å². The molecule has 2 aromatic rings. The number of benzene rings is 2. The van der Waals surface area contributed by atoms with Gasteiger partial charge in [0, 0.05) is 16.5 Å². The predicted molar refractivity (Wildman–Crippen MR) is 90.9 cm³/mol. The van der Waals surface area contributed by atoms with Gasteiger partial charge in [-0.25, -0.2) is 0 Å². The van der Waals surface area contributed by atoms with Gasteiger partial charge >= 0.3 is 0 Å². The summed E-state index contributed by atoms with van der Waals surface area (Å²) in [6.45, 7) is 0. The Morgan fingerprint density at radius 1 is 1.09 bits per heavy atom. The van der Waals surface area contributed by atoms with Gasteiger partial charge in [-0.15, -0.1) is 0 Å². The zero-order chi connectivity index (χ0) is 15.3. The van der Waals surface area contributed by atoms with Gasteiger partial charge in [-0.1, -0.05) is 53.6 Å². The second-order valence-electron chi connectivity index (χ2n) is 5.89. The summed E-state index contributed by atoms with van der Waals surface area (Å²) in [6.07, 6.45) is 5.40. The third-order valence-electron chi connectivity index (χ3n) is 4.66. The summed E-state index contributed by atoms with van der Waals surface area (Å²) < 4.78 is 0. The van der Waals surface area contributed by atoms with Crippen LogP contribution in [0.25, 0.3) is 0 Å². The Morgan fingerprint density at radius 2 is 1.91 bits per heavy atom. The van der Waals surface area contributed by atoms with E-state index in [9.17, 15) is 5.11 Å². The molecule has 0 saturated heterocycles. The van der Waals surface area contributed by atoms with Crippen molar-refractivity contribution in [2.75, 3.05) is 5.32 Å². The van der Waals surface area contributed by atoms with Gasteiger partial charge in [0.25, 0.3) is 0 Å². The van der Waals surface area contributed by atoms with Crippen LogP contribution in [0.15, 0.2) is 48.6 Å². The molecule has 4 heteroatoms. The number of para-hydroxylation sites is 1. The van der Waals surface area contributed by atoms with Gasteiger partial charge in [0.1, 0.15) is 5.75 Å². The van der Waals surface area contributed by atoms with E-state index in [1.54, 1.807) is 12.1 Å². The Balaban J connectivity index is 1.86. The Morgan fingerprint density at radius 3 is 2.73 bits per heavy atom. The fraction of sp³-hybridized carbons (Fsp3) is 0.222. The van der Waals surface area contributed by atoms with Gasteiger partial charge in [-0.2, -0.15) is 0 Å². The van der Waals surface area contributed by atoms with E-state index in [0.717, 1.165) is 23.2 Å². The fourth-order valence-corrected chi connectivity index (χ4v) is 4.24. The van der Waals surface area contributed by atoms with Crippen molar-refractivity contribution in [2.45, 2.75) is 18.4 Å². The highest BCUT2D eigenvalue weighted by atomic mass is 35.5. The summed E-state index contributed by atoms with van der Waals surface area (Å²) >= 11 is 12.6. The molecule has 1 aliphatic heterocycles. The Bertz CT molecular complexity index is 772. The van der Waals surface area contributed by atoms with Gasteiger partial charge < -0.3 is 10.4 Å². The lowest BCUT2D eigenvalue weighted by molar-refractivity contribution is 0.402. The first-order chi connectivity index (χ1) is 10.6. The molecule has 4 rings (SSSR count). The Labute approximate surface area is 139 Å². The van der Waals surface area contributed by atoms with E-state index in [0.29, 0.717) is 21.7 Å². The zero-order valence-corrected chi connectivity index (χ0v) is 13.3. The molecule has 1 aliphatic carbocycles. The first-order valence-electron chi connectivity index (χ1n) is 7.35. The molecule has 2 aromatic carbocycles. The third kappa shape index (κ3) is 2.10. The molecule has 0 spiro atoms. The highest BCUT2D eigenvalue weighted by Crippen LogP contribution is 2.53. The lowest BCUT2D eigenvalue weighted by atomic mass is 9.77. The van der Waals surface area contributed by atoms with Crippen LogP contribution in [0.1, 0.15) is 29.5 Å². The minimum absolute atomic E-state index is 0.0346. The first-order valence-corrected chi connectivity index (χ1v) is 8.11. The van der Waals surface area contributed by atoms with E-state index in [1.807, 2.05) is 24.3 Å². The maximum absolute atomic E-state index is 10.2. The summed E-state index contributed by atoms with van der Waals surface area (Å²) in [5.41, 5.74) is 2.98. The van der Waals surface area contributed by atoms with E-state index in [1.165, 1.54) is 0 Å². The summed E-state index contributed by atoms with van der Waals surface area (Å²) in [5, 5.41) is 15.0. The summed E-state index contributed by atoms with van der Waals surface area (Å²) in [6, 6.07) is 11.3. The lowest BCUT2D eigenvalue weighted by Gasteiger charge is -2.38. The smallest absolute Gasteiger partial charge is 0.120 e. The molecule has 2 aliphatic rings. The summed E-state index contributed by atoms with van der Waals surface area (Å²) in [7, 11) is 0. The number of fused-ring (bicyclic) bond motifs is 3. The van der Waals surface area contributed by atoms with E-state index in [2.05, 4.69) is 17.5 Å². The number of allylic oxidation sites excluding steroid dienone is 2. The minimum Gasteiger partial charge on any atom is -0.508 e. The van der Waals surface area contributed by atoms with E-state index < -0.39 is 0 Å². The number of aromatic hydroxyl groups is 1. The van der Waals surface area contributed by atoms with Gasteiger partial charge in [0.2, 0.25) is 0 Å². The number of phenols is 1. The molecule has 2 nitrogen and oxygen atoms in total. The van der Waals surface area contributed by atoms with Crippen molar-refractivity contribution in [3.05, 3.63) is 69.7 Å². The number of anilines is 1. The van der Waals surface area contributed by atoms with E-state index in [-0.39, 0.29) is 12.0 Å². The molecular weight excluding hydrogens is 317 g/mol. The van der Waals surface area contributed by atoms with Crippen molar-refractivity contribution in [3.8, 4) is 5.75 Å². The summed E-state index contributed by atoms with van der Waals surface area (Å²) in [4.78, 5) is 0. The normalized spacial score (nSPS) is 25.5. The van der Waals surface area contributed by atoms with Gasteiger partial charge in [-0.05, 0) is 36.1 Å².